The molecule has 0 aromatic heterocycles. The molecule has 3 saturated carbocycles. The van der Waals surface area contributed by atoms with Crippen molar-refractivity contribution in [2.24, 2.45) is 22.7 Å². The van der Waals surface area contributed by atoms with Gasteiger partial charge in [-0.2, -0.15) is 0 Å². The second-order valence-electron chi connectivity index (χ2n) is 15.1. The Morgan fingerprint density at radius 2 is 1.80 bits per heavy atom. The third-order valence-electron chi connectivity index (χ3n) is 13.2. The lowest BCUT2D eigenvalue weighted by Crippen LogP contribution is -2.56. The molecule has 5 aliphatic carbocycles. The van der Waals surface area contributed by atoms with E-state index in [4.69, 9.17) is 4.74 Å². The number of hydrogen-bond acceptors (Lipinski definition) is 6. The molecule has 9 atom stereocenters. The molecule has 7 bridgehead atoms. The van der Waals surface area contributed by atoms with Crippen LogP contribution in [0.2, 0.25) is 0 Å². The topological polar surface area (TPSA) is 107 Å². The van der Waals surface area contributed by atoms with Crippen LogP contribution in [-0.2, 0) is 27.8 Å². The van der Waals surface area contributed by atoms with E-state index >= 15 is 0 Å². The first-order chi connectivity index (χ1) is 22.0. The summed E-state index contributed by atoms with van der Waals surface area (Å²) in [4.78, 5) is 14.8. The molecule has 240 valence electrons. The van der Waals surface area contributed by atoms with Gasteiger partial charge in [0.2, 0.25) is 0 Å². The number of methoxy groups -OCH3 is 1. The highest BCUT2D eigenvalue weighted by molar-refractivity contribution is 5.90. The van der Waals surface area contributed by atoms with Crippen LogP contribution in [0.1, 0.15) is 72.8 Å². The Kier molecular flexibility index (Phi) is 6.69. The number of aryl methyl sites for hydroxylation is 1. The number of carbonyl (C=O) groups is 1. The number of carbonyl (C=O) groups excluding carboxylic acids is 1. The smallest absolute Gasteiger partial charge is 0.185 e. The fourth-order valence-corrected chi connectivity index (χ4v) is 11.1. The van der Waals surface area contributed by atoms with Gasteiger partial charge in [-0.05, 0) is 89.1 Å². The van der Waals surface area contributed by atoms with Gasteiger partial charge in [-0.15, -0.1) is 0 Å². The van der Waals surface area contributed by atoms with Gasteiger partial charge in [-0.1, -0.05) is 79.8 Å². The van der Waals surface area contributed by atoms with Gasteiger partial charge in [0.15, 0.2) is 5.79 Å². The van der Waals surface area contributed by atoms with Crippen LogP contribution in [0.25, 0.3) is 16.8 Å². The quantitative estimate of drug-likeness (QED) is 0.227. The number of ketones is 1. The van der Waals surface area contributed by atoms with Crippen molar-refractivity contribution >= 4 is 22.6 Å². The van der Waals surface area contributed by atoms with Gasteiger partial charge in [0, 0.05) is 42.8 Å². The molecule has 5 aliphatic rings. The zero-order chi connectivity index (χ0) is 32.2. The van der Waals surface area contributed by atoms with Gasteiger partial charge < -0.3 is 25.2 Å². The molecule has 0 saturated heterocycles. The average molecular weight is 621 g/mol. The third-order valence-corrected chi connectivity index (χ3v) is 13.2. The number of hydrogen-bond donors (Lipinski definition) is 4. The molecule has 0 radical (unpaired) electrons. The monoisotopic (exact) mass is 620 g/mol. The summed E-state index contributed by atoms with van der Waals surface area (Å²) in [7, 11) is 1.47. The van der Waals surface area contributed by atoms with Crippen molar-refractivity contribution in [3.63, 3.8) is 0 Å². The number of fused-ring (bicyclic) bond motifs is 6. The van der Waals surface area contributed by atoms with Crippen molar-refractivity contribution in [3.05, 3.63) is 101 Å². The predicted octanol–water partition coefficient (Wildman–Crippen LogP) is 5.38. The number of Topliss-reactive ketones (excluding diaryl/α,β-unsaturated/α-hetero) is 1. The van der Waals surface area contributed by atoms with Crippen LogP contribution < -0.4 is 0 Å². The molecular formula is C40H44O6. The summed E-state index contributed by atoms with van der Waals surface area (Å²) in [6, 6.07) is 19.2. The van der Waals surface area contributed by atoms with Crippen molar-refractivity contribution < 1.29 is 30.0 Å². The molecule has 6 nitrogen and oxygen atoms in total. The van der Waals surface area contributed by atoms with E-state index in [1.54, 1.807) is 0 Å². The van der Waals surface area contributed by atoms with Gasteiger partial charge in [-0.3, -0.25) is 4.79 Å². The summed E-state index contributed by atoms with van der Waals surface area (Å²) in [5.41, 5.74) is 3.49. The van der Waals surface area contributed by atoms with E-state index in [-0.39, 0.29) is 30.6 Å². The maximum absolute atomic E-state index is 14.8. The maximum Gasteiger partial charge on any atom is 0.185 e. The summed E-state index contributed by atoms with van der Waals surface area (Å²) in [6.07, 6.45) is 6.23. The van der Waals surface area contributed by atoms with E-state index in [9.17, 15) is 25.2 Å². The Morgan fingerprint density at radius 1 is 0.978 bits per heavy atom. The van der Waals surface area contributed by atoms with Crippen molar-refractivity contribution in [3.8, 4) is 0 Å². The van der Waals surface area contributed by atoms with Crippen molar-refractivity contribution in [1.82, 2.24) is 0 Å². The first-order valence-electron chi connectivity index (χ1n) is 16.8. The molecule has 4 N–H and O–H groups in total. The van der Waals surface area contributed by atoms with Gasteiger partial charge >= 0.3 is 0 Å². The predicted molar refractivity (Wildman–Crippen MR) is 177 cm³/mol. The lowest BCUT2D eigenvalue weighted by atomic mass is 9.55. The molecule has 0 amide bonds. The zero-order valence-corrected chi connectivity index (χ0v) is 26.7. The van der Waals surface area contributed by atoms with Crippen LogP contribution in [-0.4, -0.2) is 57.9 Å². The number of rotatable bonds is 2. The average Bonchev–Trinajstić information content (AvgIpc) is 3.61. The third kappa shape index (κ3) is 3.74. The van der Waals surface area contributed by atoms with Crippen molar-refractivity contribution in [1.29, 1.82) is 0 Å². The first kappa shape index (κ1) is 30.2. The van der Waals surface area contributed by atoms with Crippen LogP contribution in [0.15, 0.2) is 72.8 Å². The fourth-order valence-electron chi connectivity index (χ4n) is 11.1. The maximum atomic E-state index is 14.8. The van der Waals surface area contributed by atoms with Crippen LogP contribution >= 0.6 is 0 Å². The minimum absolute atomic E-state index is 0.0667. The first-order valence-corrected chi connectivity index (χ1v) is 16.8. The van der Waals surface area contributed by atoms with E-state index in [2.05, 4.69) is 56.0 Å². The SMILES string of the molecule is C=C1[C@H]2[C@@H](CO)C[C@]3(C(=O)CCc4cccc(c4)[C@]4(CC[C@@H](O)C4)[C@H]4c5cc6cc(ccc6cc5C=C[C@@H]4O)C[C@]13C)[C@]2(O)OC. The molecule has 2 spiro atoms. The summed E-state index contributed by atoms with van der Waals surface area (Å²) < 4.78 is 5.95. The fraction of sp³-hybridized carbons (Fsp3) is 0.475. The Balaban J connectivity index is 1.38. The Bertz CT molecular complexity index is 1810. The highest BCUT2D eigenvalue weighted by Crippen LogP contribution is 2.74. The summed E-state index contributed by atoms with van der Waals surface area (Å²) >= 11 is 0. The van der Waals surface area contributed by atoms with Crippen LogP contribution in [0.5, 0.6) is 0 Å². The van der Waals surface area contributed by atoms with Gasteiger partial charge in [0.1, 0.15) is 5.78 Å². The van der Waals surface area contributed by atoms with Crippen molar-refractivity contribution in [2.45, 2.75) is 81.2 Å². The summed E-state index contributed by atoms with van der Waals surface area (Å²) in [6.45, 7) is 6.41. The van der Waals surface area contributed by atoms with Crippen molar-refractivity contribution in [2.75, 3.05) is 13.7 Å². The summed E-state index contributed by atoms with van der Waals surface area (Å²) in [5, 5.41) is 47.6. The van der Waals surface area contributed by atoms with Crippen LogP contribution in [0.4, 0.5) is 0 Å². The molecule has 3 aromatic rings. The van der Waals surface area contributed by atoms with E-state index in [0.29, 0.717) is 32.1 Å². The molecule has 0 aliphatic heterocycles. The minimum atomic E-state index is -1.77. The van der Waals surface area contributed by atoms with E-state index in [1.165, 1.54) is 7.11 Å². The lowest BCUT2D eigenvalue weighted by Gasteiger charge is -2.48. The largest absolute Gasteiger partial charge is 0.396 e. The van der Waals surface area contributed by atoms with E-state index < -0.39 is 40.2 Å². The van der Waals surface area contributed by atoms with E-state index in [0.717, 1.165) is 50.6 Å². The van der Waals surface area contributed by atoms with Gasteiger partial charge in [0.25, 0.3) is 0 Å². The molecule has 8 rings (SSSR count). The molecule has 3 fully saturated rings. The second-order valence-corrected chi connectivity index (χ2v) is 15.1. The number of ether oxygens (including phenoxy) is 1. The highest BCUT2D eigenvalue weighted by Gasteiger charge is 2.80. The van der Waals surface area contributed by atoms with Gasteiger partial charge in [-0.25, -0.2) is 0 Å². The molecular weight excluding hydrogens is 576 g/mol. The Hall–Kier alpha value is -3.13. The number of benzene rings is 3. The number of aliphatic hydroxyl groups is 4. The Morgan fingerprint density at radius 3 is 2.54 bits per heavy atom. The molecule has 0 heterocycles. The molecule has 3 aromatic carbocycles. The molecule has 6 heteroatoms. The minimum Gasteiger partial charge on any atom is -0.396 e. The van der Waals surface area contributed by atoms with Crippen LogP contribution in [0, 0.1) is 22.7 Å². The normalized spacial score (nSPS) is 39.7. The summed E-state index contributed by atoms with van der Waals surface area (Å²) in [5.74, 6) is -2.95. The molecule has 46 heavy (non-hydrogen) atoms. The highest BCUT2D eigenvalue weighted by atomic mass is 16.6. The lowest BCUT2D eigenvalue weighted by molar-refractivity contribution is -0.254. The number of aliphatic hydroxyl groups excluding tert-OH is 3. The van der Waals surface area contributed by atoms with Gasteiger partial charge in [0.05, 0.1) is 17.6 Å². The van der Waals surface area contributed by atoms with E-state index in [1.807, 2.05) is 24.3 Å². The Labute approximate surface area is 270 Å². The zero-order valence-electron chi connectivity index (χ0n) is 26.7. The van der Waals surface area contributed by atoms with Crippen LogP contribution in [0.3, 0.4) is 0 Å². The standard InChI is InChI=1S/C40H44O6/c1-23-35-29(22-41)20-39(40(35,45)46-3)34(44)12-8-24-5-4-6-30(16-24)38(14-13-31(42)21-38)36-32-18-28-15-25(19-37(23,39)2)7-9-26(28)17-27(32)10-11-33(36)43/h4-7,9-11,15-18,29,31,33,35-36,41-43,45H,1,8,12-14,19-22H2,2-3H3/t29-,31-,33+,35+,36+,37-,38-,39-,40-/m1/s1. The molecule has 0 unspecified atom stereocenters. The second kappa shape index (κ2) is 10.2.